The molecule has 1 aromatic heterocycles. The highest BCUT2D eigenvalue weighted by Gasteiger charge is 2.15. The monoisotopic (exact) mass is 392 g/mol. The number of aryl methyl sites for hydroxylation is 2. The fraction of sp³-hybridized carbons (Fsp3) is 0.421. The summed E-state index contributed by atoms with van der Waals surface area (Å²) < 4.78 is 10.8. The summed E-state index contributed by atoms with van der Waals surface area (Å²) in [5.74, 6) is -0.876. The van der Waals surface area contributed by atoms with Gasteiger partial charge >= 0.3 is 5.63 Å². The number of hydrogen-bond donors (Lipinski definition) is 1. The molecule has 0 saturated carbocycles. The molecule has 1 N–H and O–H groups in total. The molecule has 0 fully saturated rings. The van der Waals surface area contributed by atoms with E-state index in [1.165, 1.54) is 17.8 Å². The molecule has 0 spiro atoms. The van der Waals surface area contributed by atoms with Crippen molar-refractivity contribution >= 4 is 34.6 Å². The van der Waals surface area contributed by atoms with Crippen molar-refractivity contribution in [1.29, 1.82) is 0 Å². The van der Waals surface area contributed by atoms with E-state index in [4.69, 9.17) is 9.15 Å². The molecular formula is C19H22NO6S-. The number of fused-ring (bicyclic) bond motifs is 1. The maximum absolute atomic E-state index is 12.1. The van der Waals surface area contributed by atoms with Gasteiger partial charge in [-0.25, -0.2) is 4.79 Å². The Hall–Kier alpha value is -2.48. The third-order valence-electron chi connectivity index (χ3n) is 4.10. The smallest absolute Gasteiger partial charge is 0.336 e. The van der Waals surface area contributed by atoms with Crippen LogP contribution in [-0.4, -0.2) is 36.5 Å². The van der Waals surface area contributed by atoms with Gasteiger partial charge in [0, 0.05) is 17.5 Å². The van der Waals surface area contributed by atoms with Crippen LogP contribution in [0.25, 0.3) is 11.0 Å². The predicted octanol–water partition coefficient (Wildman–Crippen LogP) is 1.03. The first-order valence-electron chi connectivity index (χ1n) is 8.55. The lowest BCUT2D eigenvalue weighted by Crippen LogP contribution is -2.49. The first kappa shape index (κ1) is 20.8. The molecule has 1 heterocycles. The van der Waals surface area contributed by atoms with Crippen LogP contribution in [0.1, 0.15) is 24.5 Å². The zero-order valence-electron chi connectivity index (χ0n) is 15.5. The Labute approximate surface area is 161 Å². The van der Waals surface area contributed by atoms with Gasteiger partial charge in [-0.1, -0.05) is 6.92 Å². The van der Waals surface area contributed by atoms with Crippen LogP contribution in [-0.2, 0) is 16.0 Å². The van der Waals surface area contributed by atoms with E-state index in [9.17, 15) is 19.5 Å². The first-order valence-corrected chi connectivity index (χ1v) is 9.94. The Kier molecular flexibility index (Phi) is 7.29. The second-order valence-corrected chi connectivity index (χ2v) is 7.05. The molecule has 27 heavy (non-hydrogen) atoms. The number of carboxylic acids is 1. The van der Waals surface area contributed by atoms with Crippen LogP contribution >= 0.6 is 11.8 Å². The lowest BCUT2D eigenvalue weighted by atomic mass is 10.1. The molecule has 1 aromatic carbocycles. The van der Waals surface area contributed by atoms with Crippen LogP contribution in [0, 0.1) is 6.92 Å². The van der Waals surface area contributed by atoms with Gasteiger partial charge in [0.05, 0.1) is 12.0 Å². The quantitative estimate of drug-likeness (QED) is 0.635. The molecule has 2 rings (SSSR count). The highest BCUT2D eigenvalue weighted by atomic mass is 32.2. The molecule has 7 nitrogen and oxygen atoms in total. The summed E-state index contributed by atoms with van der Waals surface area (Å²) in [4.78, 5) is 34.7. The lowest BCUT2D eigenvalue weighted by Gasteiger charge is -2.19. The summed E-state index contributed by atoms with van der Waals surface area (Å²) in [7, 11) is 0. The van der Waals surface area contributed by atoms with Gasteiger partial charge in [-0.05, 0) is 49.0 Å². The number of amides is 1. The fourth-order valence-electron chi connectivity index (χ4n) is 2.67. The van der Waals surface area contributed by atoms with E-state index in [-0.39, 0.29) is 13.0 Å². The minimum absolute atomic E-state index is 0.274. The van der Waals surface area contributed by atoms with E-state index in [1.807, 2.05) is 26.2 Å². The number of aliphatic carboxylic acids is 1. The molecule has 0 aliphatic carbocycles. The van der Waals surface area contributed by atoms with E-state index in [0.29, 0.717) is 23.5 Å². The number of carboxylic acid groups (broad SMARTS) is 1. The third-order valence-corrected chi connectivity index (χ3v) is 4.75. The minimum Gasteiger partial charge on any atom is -0.548 e. The summed E-state index contributed by atoms with van der Waals surface area (Å²) in [5, 5.41) is 14.3. The molecule has 2 aromatic rings. The average molecular weight is 392 g/mol. The van der Waals surface area contributed by atoms with Crippen molar-refractivity contribution in [2.75, 3.05) is 18.6 Å². The molecule has 0 aliphatic rings. The van der Waals surface area contributed by atoms with E-state index in [0.717, 1.165) is 16.5 Å². The van der Waals surface area contributed by atoms with Gasteiger partial charge in [0.1, 0.15) is 11.3 Å². The molecule has 1 amide bonds. The van der Waals surface area contributed by atoms with Crippen molar-refractivity contribution in [3.8, 4) is 5.75 Å². The van der Waals surface area contributed by atoms with Crippen LogP contribution < -0.4 is 20.8 Å². The average Bonchev–Trinajstić information content (AvgIpc) is 2.62. The molecule has 0 radical (unpaired) electrons. The maximum atomic E-state index is 12.1. The number of thioether (sulfide) groups is 1. The molecule has 0 unspecified atom stereocenters. The van der Waals surface area contributed by atoms with Gasteiger partial charge < -0.3 is 24.4 Å². The fourth-order valence-corrected chi connectivity index (χ4v) is 3.14. The Morgan fingerprint density at radius 2 is 2.07 bits per heavy atom. The van der Waals surface area contributed by atoms with Crippen LogP contribution in [0.15, 0.2) is 27.4 Å². The number of hydrogen-bond acceptors (Lipinski definition) is 7. The SMILES string of the molecule is CCc1cc2c(C)cc(=O)oc2cc1OCC(=O)N[C@H](CCSC)C(=O)[O-]. The molecule has 0 aliphatic heterocycles. The number of rotatable bonds is 9. The van der Waals surface area contributed by atoms with Crippen LogP contribution in [0.4, 0.5) is 0 Å². The Morgan fingerprint density at radius 3 is 2.70 bits per heavy atom. The number of nitrogens with one attached hydrogen (secondary N) is 1. The molecule has 146 valence electrons. The highest BCUT2D eigenvalue weighted by molar-refractivity contribution is 7.98. The number of benzene rings is 1. The standard InChI is InChI=1S/C19H23NO6S/c1-4-12-8-13-11(2)7-18(22)26-16(13)9-15(12)25-10-17(21)20-14(19(23)24)5-6-27-3/h7-9,14H,4-6,10H2,1-3H3,(H,20,21)(H,23,24)/p-1/t14-/m1/s1. The maximum Gasteiger partial charge on any atom is 0.336 e. The summed E-state index contributed by atoms with van der Waals surface area (Å²) in [5.41, 5.74) is 1.57. The predicted molar refractivity (Wildman–Crippen MR) is 102 cm³/mol. The number of carbonyl (C=O) groups is 2. The molecule has 0 bridgehead atoms. The topological polar surface area (TPSA) is 109 Å². The van der Waals surface area contributed by atoms with Crippen molar-refractivity contribution < 1.29 is 23.8 Å². The number of carbonyl (C=O) groups excluding carboxylic acids is 2. The van der Waals surface area contributed by atoms with Crippen molar-refractivity contribution in [3.63, 3.8) is 0 Å². The van der Waals surface area contributed by atoms with Gasteiger partial charge in [0.15, 0.2) is 6.61 Å². The summed E-state index contributed by atoms with van der Waals surface area (Å²) >= 11 is 1.48. The van der Waals surface area contributed by atoms with Crippen molar-refractivity contribution in [2.24, 2.45) is 0 Å². The summed E-state index contributed by atoms with van der Waals surface area (Å²) in [6, 6.07) is 3.81. The normalized spacial score (nSPS) is 12.0. The van der Waals surface area contributed by atoms with Gasteiger partial charge in [0.25, 0.3) is 5.91 Å². The molecule has 1 atom stereocenters. The van der Waals surface area contributed by atoms with Crippen molar-refractivity contribution in [3.05, 3.63) is 39.7 Å². The Bertz CT molecular complexity index is 892. The van der Waals surface area contributed by atoms with Gasteiger partial charge in [0.2, 0.25) is 0 Å². The largest absolute Gasteiger partial charge is 0.548 e. The second kappa shape index (κ2) is 9.45. The van der Waals surface area contributed by atoms with Crippen LogP contribution in [0.3, 0.4) is 0 Å². The second-order valence-electron chi connectivity index (χ2n) is 6.07. The van der Waals surface area contributed by atoms with Crippen LogP contribution in [0.2, 0.25) is 0 Å². The summed E-state index contributed by atoms with van der Waals surface area (Å²) in [6.45, 7) is 3.41. The summed E-state index contributed by atoms with van der Waals surface area (Å²) in [6.07, 6.45) is 2.78. The Balaban J connectivity index is 2.14. The Morgan fingerprint density at radius 1 is 1.33 bits per heavy atom. The van der Waals surface area contributed by atoms with Gasteiger partial charge in [-0.15, -0.1) is 0 Å². The molecular weight excluding hydrogens is 370 g/mol. The van der Waals surface area contributed by atoms with E-state index in [2.05, 4.69) is 5.32 Å². The lowest BCUT2D eigenvalue weighted by molar-refractivity contribution is -0.308. The van der Waals surface area contributed by atoms with Gasteiger partial charge in [-0.2, -0.15) is 11.8 Å². The zero-order chi connectivity index (χ0) is 20.0. The molecule has 8 heteroatoms. The zero-order valence-corrected chi connectivity index (χ0v) is 16.3. The molecule has 0 saturated heterocycles. The van der Waals surface area contributed by atoms with E-state index >= 15 is 0 Å². The number of ether oxygens (including phenoxy) is 1. The minimum atomic E-state index is -1.32. The van der Waals surface area contributed by atoms with E-state index in [1.54, 1.807) is 6.07 Å². The highest BCUT2D eigenvalue weighted by Crippen LogP contribution is 2.27. The van der Waals surface area contributed by atoms with E-state index < -0.39 is 23.5 Å². The van der Waals surface area contributed by atoms with Crippen LogP contribution in [0.5, 0.6) is 5.75 Å². The third kappa shape index (κ3) is 5.50. The van der Waals surface area contributed by atoms with Crippen molar-refractivity contribution in [2.45, 2.75) is 32.7 Å². The van der Waals surface area contributed by atoms with Gasteiger partial charge in [-0.3, -0.25) is 4.79 Å². The van der Waals surface area contributed by atoms with Crippen molar-refractivity contribution in [1.82, 2.24) is 5.32 Å². The first-order chi connectivity index (χ1) is 12.8.